The number of aliphatic hydroxyl groups excluding tert-OH is 1. The summed E-state index contributed by atoms with van der Waals surface area (Å²) < 4.78 is 0. The smallest absolute Gasteiger partial charge is 0.317 e. The van der Waals surface area contributed by atoms with Gasteiger partial charge in [0.15, 0.2) is 0 Å². The third-order valence-corrected chi connectivity index (χ3v) is 3.45. The third-order valence-electron chi connectivity index (χ3n) is 3.45. The lowest BCUT2D eigenvalue weighted by Crippen LogP contribution is -2.34. The summed E-state index contributed by atoms with van der Waals surface area (Å²) in [5, 5.41) is 12.0. The number of hydrogen-bond donors (Lipinski definition) is 2. The van der Waals surface area contributed by atoms with Crippen LogP contribution in [0, 0.1) is 11.8 Å². The Morgan fingerprint density at radius 1 is 1.43 bits per heavy atom. The SMILES string of the molecule is O=C1NCCN1CC1CCCC1CO. The van der Waals surface area contributed by atoms with Crippen LogP contribution in [0.2, 0.25) is 0 Å². The van der Waals surface area contributed by atoms with Crippen LogP contribution in [-0.4, -0.2) is 42.3 Å². The molecule has 1 aliphatic carbocycles. The predicted octanol–water partition coefficient (Wildman–Crippen LogP) is 0.420. The molecule has 2 unspecified atom stereocenters. The van der Waals surface area contributed by atoms with Crippen molar-refractivity contribution in [1.29, 1.82) is 0 Å². The highest BCUT2D eigenvalue weighted by atomic mass is 16.3. The summed E-state index contributed by atoms with van der Waals surface area (Å²) in [5.74, 6) is 0.937. The lowest BCUT2D eigenvalue weighted by molar-refractivity contribution is 0.164. The molecule has 2 aliphatic rings. The van der Waals surface area contributed by atoms with Crippen molar-refractivity contribution < 1.29 is 9.90 Å². The van der Waals surface area contributed by atoms with E-state index < -0.39 is 0 Å². The van der Waals surface area contributed by atoms with E-state index in [0.717, 1.165) is 32.5 Å². The number of amides is 2. The van der Waals surface area contributed by atoms with Crippen LogP contribution < -0.4 is 5.32 Å². The van der Waals surface area contributed by atoms with Gasteiger partial charge < -0.3 is 15.3 Å². The highest BCUT2D eigenvalue weighted by molar-refractivity contribution is 5.76. The summed E-state index contributed by atoms with van der Waals surface area (Å²) in [4.78, 5) is 13.2. The van der Waals surface area contributed by atoms with Gasteiger partial charge in [0, 0.05) is 26.2 Å². The van der Waals surface area contributed by atoms with Crippen LogP contribution in [0.1, 0.15) is 19.3 Å². The van der Waals surface area contributed by atoms with Crippen LogP contribution in [0.4, 0.5) is 4.79 Å². The molecule has 2 rings (SSSR count). The van der Waals surface area contributed by atoms with Crippen LogP contribution >= 0.6 is 0 Å². The van der Waals surface area contributed by atoms with E-state index in [9.17, 15) is 4.79 Å². The molecule has 0 spiro atoms. The van der Waals surface area contributed by atoms with Crippen molar-refractivity contribution in [3.8, 4) is 0 Å². The largest absolute Gasteiger partial charge is 0.396 e. The van der Waals surface area contributed by atoms with Crippen molar-refractivity contribution in [2.24, 2.45) is 11.8 Å². The molecule has 1 saturated carbocycles. The molecule has 0 aromatic heterocycles. The Morgan fingerprint density at radius 2 is 2.21 bits per heavy atom. The van der Waals surface area contributed by atoms with E-state index in [1.54, 1.807) is 0 Å². The van der Waals surface area contributed by atoms with Gasteiger partial charge in [-0.25, -0.2) is 4.79 Å². The Hall–Kier alpha value is -0.770. The maximum Gasteiger partial charge on any atom is 0.317 e. The van der Waals surface area contributed by atoms with E-state index in [2.05, 4.69) is 5.32 Å². The molecule has 1 heterocycles. The number of nitrogens with one attached hydrogen (secondary N) is 1. The third kappa shape index (κ3) is 1.85. The number of carbonyl (C=O) groups excluding carboxylic acids is 1. The van der Waals surface area contributed by atoms with E-state index in [1.807, 2.05) is 4.90 Å². The first-order valence-corrected chi connectivity index (χ1v) is 5.45. The van der Waals surface area contributed by atoms with Crippen molar-refractivity contribution in [2.75, 3.05) is 26.2 Å². The molecule has 1 aliphatic heterocycles. The molecule has 4 heteroatoms. The second kappa shape index (κ2) is 4.17. The molecular formula is C10H18N2O2. The van der Waals surface area contributed by atoms with E-state index in [0.29, 0.717) is 11.8 Å². The monoisotopic (exact) mass is 198 g/mol. The maximum atomic E-state index is 11.3. The lowest BCUT2D eigenvalue weighted by Gasteiger charge is -2.23. The molecule has 2 fully saturated rings. The summed E-state index contributed by atoms with van der Waals surface area (Å²) in [6.45, 7) is 2.71. The Balaban J connectivity index is 1.86. The first kappa shape index (κ1) is 9.77. The van der Waals surface area contributed by atoms with E-state index >= 15 is 0 Å². The highest BCUT2D eigenvalue weighted by Crippen LogP contribution is 2.32. The quantitative estimate of drug-likeness (QED) is 0.690. The Bertz CT molecular complexity index is 220. The molecule has 2 amide bonds. The molecule has 14 heavy (non-hydrogen) atoms. The summed E-state index contributed by atoms with van der Waals surface area (Å²) in [7, 11) is 0. The van der Waals surface area contributed by atoms with Crippen molar-refractivity contribution in [3.63, 3.8) is 0 Å². The number of carbonyl (C=O) groups is 1. The fraction of sp³-hybridized carbons (Fsp3) is 0.900. The fourth-order valence-corrected chi connectivity index (χ4v) is 2.56. The van der Waals surface area contributed by atoms with Crippen LogP contribution in [-0.2, 0) is 0 Å². The molecule has 0 aromatic carbocycles. The average Bonchev–Trinajstić information content (AvgIpc) is 2.77. The highest BCUT2D eigenvalue weighted by Gasteiger charge is 2.30. The van der Waals surface area contributed by atoms with Crippen LogP contribution in [0.25, 0.3) is 0 Å². The van der Waals surface area contributed by atoms with Gasteiger partial charge in [0.1, 0.15) is 0 Å². The predicted molar refractivity (Wildman–Crippen MR) is 52.9 cm³/mol. The summed E-state index contributed by atoms with van der Waals surface area (Å²) in [5.41, 5.74) is 0. The van der Waals surface area contributed by atoms with Gasteiger partial charge in [0.2, 0.25) is 0 Å². The van der Waals surface area contributed by atoms with Gasteiger partial charge in [-0.3, -0.25) is 0 Å². The Kier molecular flexibility index (Phi) is 2.91. The zero-order chi connectivity index (χ0) is 9.97. The topological polar surface area (TPSA) is 52.6 Å². The second-order valence-corrected chi connectivity index (χ2v) is 4.31. The fourth-order valence-electron chi connectivity index (χ4n) is 2.56. The normalized spacial score (nSPS) is 32.4. The van der Waals surface area contributed by atoms with Gasteiger partial charge in [0.05, 0.1) is 0 Å². The van der Waals surface area contributed by atoms with Crippen molar-refractivity contribution >= 4 is 6.03 Å². The molecule has 0 aromatic rings. The molecule has 2 N–H and O–H groups in total. The molecule has 0 bridgehead atoms. The van der Waals surface area contributed by atoms with Crippen LogP contribution in [0.5, 0.6) is 0 Å². The summed E-state index contributed by atoms with van der Waals surface area (Å²) in [6, 6.07) is 0.0635. The Morgan fingerprint density at radius 3 is 2.86 bits per heavy atom. The lowest BCUT2D eigenvalue weighted by atomic mass is 9.96. The Labute approximate surface area is 84.3 Å². The molecule has 0 radical (unpaired) electrons. The molecule has 1 saturated heterocycles. The van der Waals surface area contributed by atoms with Gasteiger partial charge in [-0.15, -0.1) is 0 Å². The summed E-state index contributed by atoms with van der Waals surface area (Å²) >= 11 is 0. The first-order valence-electron chi connectivity index (χ1n) is 5.45. The van der Waals surface area contributed by atoms with Gasteiger partial charge in [-0.2, -0.15) is 0 Å². The van der Waals surface area contributed by atoms with Crippen LogP contribution in [0.3, 0.4) is 0 Å². The second-order valence-electron chi connectivity index (χ2n) is 4.31. The number of urea groups is 1. The summed E-state index contributed by atoms with van der Waals surface area (Å²) in [6.07, 6.45) is 3.48. The number of hydrogen-bond acceptors (Lipinski definition) is 2. The first-order chi connectivity index (χ1) is 6.81. The molecular weight excluding hydrogens is 180 g/mol. The van der Waals surface area contributed by atoms with E-state index in [4.69, 9.17) is 5.11 Å². The minimum atomic E-state index is 0.0635. The van der Waals surface area contributed by atoms with E-state index in [-0.39, 0.29) is 12.6 Å². The number of aliphatic hydroxyl groups is 1. The maximum absolute atomic E-state index is 11.3. The minimum Gasteiger partial charge on any atom is -0.396 e. The molecule has 80 valence electrons. The van der Waals surface area contributed by atoms with Crippen LogP contribution in [0.15, 0.2) is 0 Å². The van der Waals surface area contributed by atoms with Gasteiger partial charge in [-0.1, -0.05) is 6.42 Å². The van der Waals surface area contributed by atoms with E-state index in [1.165, 1.54) is 6.42 Å². The van der Waals surface area contributed by atoms with Gasteiger partial charge in [0.25, 0.3) is 0 Å². The zero-order valence-electron chi connectivity index (χ0n) is 8.41. The molecule has 4 nitrogen and oxygen atoms in total. The standard InChI is InChI=1S/C10H18N2O2/c13-7-9-3-1-2-8(9)6-12-5-4-11-10(12)14/h8-9,13H,1-7H2,(H,11,14). The van der Waals surface area contributed by atoms with Crippen molar-refractivity contribution in [2.45, 2.75) is 19.3 Å². The molecule has 2 atom stereocenters. The minimum absolute atomic E-state index is 0.0635. The van der Waals surface area contributed by atoms with Crippen molar-refractivity contribution in [1.82, 2.24) is 10.2 Å². The van der Waals surface area contributed by atoms with Gasteiger partial charge in [-0.05, 0) is 24.7 Å². The number of nitrogens with zero attached hydrogens (tertiary/aromatic N) is 1. The van der Waals surface area contributed by atoms with Gasteiger partial charge >= 0.3 is 6.03 Å². The number of rotatable bonds is 3. The zero-order valence-corrected chi connectivity index (χ0v) is 8.41. The van der Waals surface area contributed by atoms with Crippen molar-refractivity contribution in [3.05, 3.63) is 0 Å². The average molecular weight is 198 g/mol.